The molecule has 2 fully saturated rings. The summed E-state index contributed by atoms with van der Waals surface area (Å²) in [5.74, 6) is 0. The Morgan fingerprint density at radius 3 is 1.47 bits per heavy atom. The molecule has 0 heterocycles. The second-order valence-corrected chi connectivity index (χ2v) is 16.0. The molecule has 1 nitrogen and oxygen atoms in total. The maximum absolute atomic E-state index is 10.5. The van der Waals surface area contributed by atoms with Crippen LogP contribution in [-0.4, -0.2) is 15.4 Å². The van der Waals surface area contributed by atoms with E-state index in [1.54, 1.807) is 22.8 Å². The van der Waals surface area contributed by atoms with E-state index in [-0.39, 0.29) is 0 Å². The van der Waals surface area contributed by atoms with Gasteiger partial charge in [0.1, 0.15) is 0 Å². The topological polar surface area (TPSA) is 20.2 Å². The van der Waals surface area contributed by atoms with Crippen molar-refractivity contribution in [3.63, 3.8) is 0 Å². The van der Waals surface area contributed by atoms with Gasteiger partial charge in [0.2, 0.25) is 0 Å². The number of hydrogen-bond acceptors (Lipinski definition) is 3. The fraction of sp³-hybridized carbons (Fsp3) is 1.00. The summed E-state index contributed by atoms with van der Waals surface area (Å²) < 4.78 is -2.16. The molecule has 2 aliphatic carbocycles. The van der Waals surface area contributed by atoms with Crippen LogP contribution in [0.5, 0.6) is 0 Å². The van der Waals surface area contributed by atoms with E-state index in [0.29, 0.717) is 10.5 Å². The van der Waals surface area contributed by atoms with Crippen molar-refractivity contribution in [1.29, 1.82) is 0 Å². The average molecular weight is 310 g/mol. The zero-order chi connectivity index (χ0) is 12.1. The van der Waals surface area contributed by atoms with E-state index in [1.165, 1.54) is 64.2 Å². The van der Waals surface area contributed by atoms with Gasteiger partial charge < -0.3 is 4.89 Å². The molecule has 17 heavy (non-hydrogen) atoms. The molecule has 2 saturated carbocycles. The monoisotopic (exact) mass is 310 g/mol. The van der Waals surface area contributed by atoms with Crippen molar-refractivity contribution in [2.45, 2.75) is 74.7 Å². The third kappa shape index (κ3) is 5.44. The molecule has 0 aromatic heterocycles. The molecule has 0 saturated heterocycles. The Kier molecular flexibility index (Phi) is 6.22. The molecule has 0 atom stereocenters. The van der Waals surface area contributed by atoms with Crippen LogP contribution < -0.4 is 0 Å². The summed E-state index contributed by atoms with van der Waals surface area (Å²) in [6.07, 6.45) is 13.2. The van der Waals surface area contributed by atoms with Gasteiger partial charge in [-0.05, 0) is 37.5 Å². The van der Waals surface area contributed by atoms with Crippen LogP contribution in [0.15, 0.2) is 0 Å². The van der Waals surface area contributed by atoms with Gasteiger partial charge in [-0.1, -0.05) is 61.3 Å². The van der Waals surface area contributed by atoms with Gasteiger partial charge in [-0.25, -0.2) is 0 Å². The Hall–Kier alpha value is 1.31. The van der Waals surface area contributed by atoms with E-state index >= 15 is 0 Å². The number of hydrogen-bond donors (Lipinski definition) is 1. The number of rotatable bonds is 4. The van der Waals surface area contributed by atoms with Crippen LogP contribution in [0.3, 0.4) is 0 Å². The third-order valence-electron chi connectivity index (χ3n) is 3.67. The Balaban J connectivity index is 1.78. The van der Waals surface area contributed by atoms with Crippen LogP contribution in [0, 0.1) is 0 Å². The largest absolute Gasteiger partial charge is 0.350 e. The SMILES string of the molecule is OP(=S)(SC1CCCCC1)SC1CCCCC1. The molecular formula is C12H23OPS3. The molecule has 0 unspecified atom stereocenters. The molecule has 1 N–H and O–H groups in total. The van der Waals surface area contributed by atoms with E-state index in [0.717, 1.165) is 0 Å². The Morgan fingerprint density at radius 1 is 0.765 bits per heavy atom. The summed E-state index contributed by atoms with van der Waals surface area (Å²) in [5.41, 5.74) is 0. The summed E-state index contributed by atoms with van der Waals surface area (Å²) in [6, 6.07) is 0. The van der Waals surface area contributed by atoms with Crippen molar-refractivity contribution in [2.75, 3.05) is 0 Å². The van der Waals surface area contributed by atoms with Crippen LogP contribution in [0.25, 0.3) is 0 Å². The lowest BCUT2D eigenvalue weighted by Gasteiger charge is -2.28. The fourth-order valence-electron chi connectivity index (χ4n) is 2.74. The lowest BCUT2D eigenvalue weighted by atomic mass is 10.0. The summed E-state index contributed by atoms with van der Waals surface area (Å²) in [6.45, 7) is 0. The zero-order valence-electron chi connectivity index (χ0n) is 10.3. The maximum atomic E-state index is 10.5. The second kappa shape index (κ2) is 7.19. The molecule has 100 valence electrons. The molecule has 2 aliphatic rings. The minimum atomic E-state index is -2.16. The minimum Gasteiger partial charge on any atom is -0.350 e. The molecule has 5 heteroatoms. The first kappa shape index (κ1) is 14.7. The average Bonchev–Trinajstić information content (AvgIpc) is 2.30. The normalized spacial score (nSPS) is 25.0. The lowest BCUT2D eigenvalue weighted by Crippen LogP contribution is -2.09. The first-order valence-electron chi connectivity index (χ1n) is 6.85. The van der Waals surface area contributed by atoms with Crippen molar-refractivity contribution in [2.24, 2.45) is 0 Å². The predicted octanol–water partition coefficient (Wildman–Crippen LogP) is 5.34. The van der Waals surface area contributed by atoms with Gasteiger partial charge in [0, 0.05) is 10.5 Å². The zero-order valence-corrected chi connectivity index (χ0v) is 13.7. The van der Waals surface area contributed by atoms with Gasteiger partial charge >= 0.3 is 0 Å². The van der Waals surface area contributed by atoms with Crippen LogP contribution >= 0.6 is 27.4 Å². The van der Waals surface area contributed by atoms with Crippen molar-refractivity contribution < 1.29 is 4.89 Å². The second-order valence-electron chi connectivity index (χ2n) is 5.20. The van der Waals surface area contributed by atoms with Crippen LogP contribution in [0.4, 0.5) is 0 Å². The summed E-state index contributed by atoms with van der Waals surface area (Å²) in [4.78, 5) is 10.5. The molecule has 0 radical (unpaired) electrons. The molecule has 0 bridgehead atoms. The molecule has 0 amide bonds. The van der Waals surface area contributed by atoms with Crippen molar-refractivity contribution >= 4 is 39.2 Å². The standard InChI is InChI=1S/C12H23OPS3/c13-14(15,16-11-7-3-1-4-8-11)17-12-9-5-2-6-10-12/h11-12H,1-10H2,(H,13,15). The lowest BCUT2D eigenvalue weighted by molar-refractivity contribution is 0.516. The van der Waals surface area contributed by atoms with Crippen LogP contribution in [-0.2, 0) is 11.8 Å². The summed E-state index contributed by atoms with van der Waals surface area (Å²) in [5, 5.41) is 1.30. The van der Waals surface area contributed by atoms with Gasteiger partial charge in [0.15, 0.2) is 4.67 Å². The molecule has 0 aromatic rings. The molecule has 2 rings (SSSR count). The molecular weight excluding hydrogens is 287 g/mol. The predicted molar refractivity (Wildman–Crippen MR) is 85.4 cm³/mol. The van der Waals surface area contributed by atoms with E-state index in [4.69, 9.17) is 11.8 Å². The molecule has 0 aliphatic heterocycles. The van der Waals surface area contributed by atoms with E-state index < -0.39 is 4.67 Å². The Morgan fingerprint density at radius 2 is 1.12 bits per heavy atom. The highest BCUT2D eigenvalue weighted by atomic mass is 33.2. The van der Waals surface area contributed by atoms with Gasteiger partial charge in [-0.15, -0.1) is 0 Å². The van der Waals surface area contributed by atoms with E-state index in [9.17, 15) is 4.89 Å². The highest BCUT2D eigenvalue weighted by Gasteiger charge is 2.27. The van der Waals surface area contributed by atoms with E-state index in [2.05, 4.69) is 0 Å². The molecule has 0 spiro atoms. The van der Waals surface area contributed by atoms with E-state index in [1.807, 2.05) is 0 Å². The maximum Gasteiger partial charge on any atom is 0.172 e. The van der Waals surface area contributed by atoms with Crippen molar-refractivity contribution in [1.82, 2.24) is 0 Å². The van der Waals surface area contributed by atoms with Gasteiger partial charge in [-0.3, -0.25) is 0 Å². The van der Waals surface area contributed by atoms with Crippen LogP contribution in [0.1, 0.15) is 64.2 Å². The van der Waals surface area contributed by atoms with Crippen molar-refractivity contribution in [3.8, 4) is 0 Å². The first-order valence-corrected chi connectivity index (χ1v) is 12.6. The third-order valence-corrected chi connectivity index (χ3v) is 12.2. The van der Waals surface area contributed by atoms with Crippen LogP contribution in [0.2, 0.25) is 0 Å². The molecule has 0 aromatic carbocycles. The smallest absolute Gasteiger partial charge is 0.172 e. The van der Waals surface area contributed by atoms with Gasteiger partial charge in [-0.2, -0.15) is 0 Å². The summed E-state index contributed by atoms with van der Waals surface area (Å²) in [7, 11) is 0. The minimum absolute atomic E-state index is 0.649. The Labute approximate surface area is 118 Å². The van der Waals surface area contributed by atoms with Gasteiger partial charge in [0.05, 0.1) is 0 Å². The fourth-order valence-corrected chi connectivity index (χ4v) is 13.1. The first-order chi connectivity index (χ1) is 8.16. The summed E-state index contributed by atoms with van der Waals surface area (Å²) >= 11 is 9.02. The Bertz CT molecular complexity index is 249. The highest BCUT2D eigenvalue weighted by molar-refractivity contribution is 8.99. The van der Waals surface area contributed by atoms with Crippen molar-refractivity contribution in [3.05, 3.63) is 0 Å². The van der Waals surface area contributed by atoms with Gasteiger partial charge in [0.25, 0.3) is 0 Å². The highest BCUT2D eigenvalue weighted by Crippen LogP contribution is 2.70. The quantitative estimate of drug-likeness (QED) is 0.707.